The predicted molar refractivity (Wildman–Crippen MR) is 88.3 cm³/mol. The zero-order valence-electron chi connectivity index (χ0n) is 13.9. The molecule has 2 atom stereocenters. The number of aromatic hydroxyl groups is 1. The van der Waals surface area contributed by atoms with E-state index < -0.39 is 0 Å². The number of hydrogen-bond acceptors (Lipinski definition) is 4. The molecular formula is C18H28N2O2. The SMILES string of the molecule is CNC[C@@H]1O[C@H](C2CCN(C)CC2)Cc2c1ccc(C)c2O. The molecule has 0 spiro atoms. The summed E-state index contributed by atoms with van der Waals surface area (Å²) in [6.45, 7) is 5.06. The Kier molecular flexibility index (Phi) is 4.71. The quantitative estimate of drug-likeness (QED) is 0.899. The molecule has 3 rings (SSSR count). The van der Waals surface area contributed by atoms with Crippen molar-refractivity contribution in [3.63, 3.8) is 0 Å². The molecule has 0 amide bonds. The smallest absolute Gasteiger partial charge is 0.122 e. The van der Waals surface area contributed by atoms with Gasteiger partial charge in [0.05, 0.1) is 12.2 Å². The van der Waals surface area contributed by atoms with Crippen LogP contribution in [0.5, 0.6) is 5.75 Å². The van der Waals surface area contributed by atoms with Gasteiger partial charge in [0, 0.05) is 18.5 Å². The van der Waals surface area contributed by atoms with E-state index in [0.717, 1.165) is 42.7 Å². The molecule has 2 aliphatic heterocycles. The number of likely N-dealkylation sites (N-methyl/N-ethyl adjacent to an activating group) is 1. The predicted octanol–water partition coefficient (Wildman–Crippen LogP) is 2.24. The van der Waals surface area contributed by atoms with Crippen LogP contribution in [0, 0.1) is 12.8 Å². The van der Waals surface area contributed by atoms with Gasteiger partial charge in [-0.05, 0) is 64.0 Å². The van der Waals surface area contributed by atoms with E-state index in [0.29, 0.717) is 11.7 Å². The van der Waals surface area contributed by atoms with Gasteiger partial charge in [0.15, 0.2) is 0 Å². The number of piperidine rings is 1. The van der Waals surface area contributed by atoms with Crippen LogP contribution in [-0.4, -0.2) is 49.8 Å². The Hall–Kier alpha value is -1.10. The maximum Gasteiger partial charge on any atom is 0.122 e. The first-order valence-electron chi connectivity index (χ1n) is 8.40. The number of rotatable bonds is 3. The third-order valence-corrected chi connectivity index (χ3v) is 5.29. The fraction of sp³-hybridized carbons (Fsp3) is 0.667. The van der Waals surface area contributed by atoms with Gasteiger partial charge >= 0.3 is 0 Å². The monoisotopic (exact) mass is 304 g/mol. The van der Waals surface area contributed by atoms with E-state index in [1.807, 2.05) is 20.0 Å². The van der Waals surface area contributed by atoms with Crippen molar-refractivity contribution in [1.29, 1.82) is 0 Å². The molecule has 1 fully saturated rings. The van der Waals surface area contributed by atoms with Crippen molar-refractivity contribution in [2.75, 3.05) is 33.7 Å². The largest absolute Gasteiger partial charge is 0.507 e. The van der Waals surface area contributed by atoms with Crippen molar-refractivity contribution in [1.82, 2.24) is 10.2 Å². The van der Waals surface area contributed by atoms with Gasteiger partial charge in [0.25, 0.3) is 0 Å². The third-order valence-electron chi connectivity index (χ3n) is 5.29. The molecule has 2 aliphatic rings. The highest BCUT2D eigenvalue weighted by Crippen LogP contribution is 2.40. The molecule has 1 aromatic carbocycles. The Balaban J connectivity index is 1.85. The van der Waals surface area contributed by atoms with Crippen LogP contribution in [0.3, 0.4) is 0 Å². The first-order chi connectivity index (χ1) is 10.6. The Bertz CT molecular complexity index is 524. The summed E-state index contributed by atoms with van der Waals surface area (Å²) >= 11 is 0. The van der Waals surface area contributed by atoms with E-state index in [1.165, 1.54) is 12.8 Å². The van der Waals surface area contributed by atoms with Gasteiger partial charge in [-0.3, -0.25) is 0 Å². The molecule has 4 heteroatoms. The van der Waals surface area contributed by atoms with Crippen LogP contribution in [0.2, 0.25) is 0 Å². The zero-order chi connectivity index (χ0) is 15.7. The van der Waals surface area contributed by atoms with Crippen molar-refractivity contribution in [2.45, 2.75) is 38.4 Å². The molecule has 0 radical (unpaired) electrons. The Morgan fingerprint density at radius 3 is 2.73 bits per heavy atom. The molecule has 2 N–H and O–H groups in total. The number of ether oxygens (including phenoxy) is 1. The number of benzene rings is 1. The van der Waals surface area contributed by atoms with E-state index in [1.54, 1.807) is 0 Å². The Morgan fingerprint density at radius 1 is 1.32 bits per heavy atom. The maximum atomic E-state index is 10.5. The maximum absolute atomic E-state index is 10.5. The van der Waals surface area contributed by atoms with Crippen LogP contribution in [-0.2, 0) is 11.2 Å². The highest BCUT2D eigenvalue weighted by Gasteiger charge is 2.35. The summed E-state index contributed by atoms with van der Waals surface area (Å²) in [5.41, 5.74) is 3.23. The summed E-state index contributed by atoms with van der Waals surface area (Å²) in [6.07, 6.45) is 3.50. The number of nitrogens with one attached hydrogen (secondary N) is 1. The van der Waals surface area contributed by atoms with Crippen LogP contribution >= 0.6 is 0 Å². The highest BCUT2D eigenvalue weighted by molar-refractivity contribution is 5.47. The van der Waals surface area contributed by atoms with Crippen molar-refractivity contribution in [3.8, 4) is 5.75 Å². The molecule has 0 bridgehead atoms. The van der Waals surface area contributed by atoms with E-state index in [9.17, 15) is 5.11 Å². The average Bonchev–Trinajstić information content (AvgIpc) is 2.52. The lowest BCUT2D eigenvalue weighted by Gasteiger charge is -2.40. The first-order valence-corrected chi connectivity index (χ1v) is 8.40. The number of phenols is 1. The fourth-order valence-electron chi connectivity index (χ4n) is 3.84. The Labute approximate surface area is 133 Å². The van der Waals surface area contributed by atoms with Crippen LogP contribution in [0.1, 0.15) is 35.6 Å². The van der Waals surface area contributed by atoms with E-state index in [4.69, 9.17) is 4.74 Å². The summed E-state index contributed by atoms with van der Waals surface area (Å²) in [6, 6.07) is 4.12. The van der Waals surface area contributed by atoms with Gasteiger partial charge in [-0.1, -0.05) is 12.1 Å². The van der Waals surface area contributed by atoms with Gasteiger partial charge in [-0.2, -0.15) is 0 Å². The third kappa shape index (κ3) is 3.00. The zero-order valence-corrected chi connectivity index (χ0v) is 13.9. The second-order valence-electron chi connectivity index (χ2n) is 6.86. The minimum atomic E-state index is 0.0462. The van der Waals surface area contributed by atoms with Crippen LogP contribution in [0.25, 0.3) is 0 Å². The molecular weight excluding hydrogens is 276 g/mol. The minimum Gasteiger partial charge on any atom is -0.507 e. The van der Waals surface area contributed by atoms with Crippen molar-refractivity contribution in [3.05, 3.63) is 28.8 Å². The second kappa shape index (κ2) is 6.57. The van der Waals surface area contributed by atoms with Gasteiger partial charge in [-0.25, -0.2) is 0 Å². The lowest BCUT2D eigenvalue weighted by molar-refractivity contribution is -0.0658. The lowest BCUT2D eigenvalue weighted by atomic mass is 9.83. The average molecular weight is 304 g/mol. The molecule has 22 heavy (non-hydrogen) atoms. The van der Waals surface area contributed by atoms with Crippen molar-refractivity contribution >= 4 is 0 Å². The van der Waals surface area contributed by atoms with Crippen molar-refractivity contribution in [2.24, 2.45) is 5.92 Å². The number of nitrogens with zero attached hydrogens (tertiary/aromatic N) is 1. The fourth-order valence-corrected chi connectivity index (χ4v) is 3.84. The summed E-state index contributed by atoms with van der Waals surface area (Å²) in [7, 11) is 4.14. The molecule has 0 unspecified atom stereocenters. The molecule has 1 aromatic rings. The number of likely N-dealkylation sites (tertiary alicyclic amines) is 1. The molecule has 4 nitrogen and oxygen atoms in total. The first kappa shape index (κ1) is 15.8. The van der Waals surface area contributed by atoms with E-state index >= 15 is 0 Å². The summed E-state index contributed by atoms with van der Waals surface area (Å²) in [5, 5.41) is 13.7. The van der Waals surface area contributed by atoms with E-state index in [-0.39, 0.29) is 12.2 Å². The summed E-state index contributed by atoms with van der Waals surface area (Å²) < 4.78 is 6.43. The number of aryl methyl sites for hydroxylation is 1. The number of fused-ring (bicyclic) bond motifs is 1. The van der Waals surface area contributed by atoms with Crippen LogP contribution in [0.15, 0.2) is 12.1 Å². The lowest BCUT2D eigenvalue weighted by Crippen LogP contribution is -2.41. The Morgan fingerprint density at radius 2 is 2.05 bits per heavy atom. The number of phenolic OH excluding ortho intramolecular Hbond substituents is 1. The molecule has 0 aliphatic carbocycles. The molecule has 1 saturated heterocycles. The molecule has 0 aromatic heterocycles. The van der Waals surface area contributed by atoms with Gasteiger partial charge in [0.2, 0.25) is 0 Å². The second-order valence-corrected chi connectivity index (χ2v) is 6.86. The molecule has 2 heterocycles. The van der Waals surface area contributed by atoms with Gasteiger partial charge in [0.1, 0.15) is 5.75 Å². The topological polar surface area (TPSA) is 44.7 Å². The normalized spacial score (nSPS) is 26.9. The van der Waals surface area contributed by atoms with Crippen LogP contribution in [0.4, 0.5) is 0 Å². The van der Waals surface area contributed by atoms with Crippen molar-refractivity contribution < 1.29 is 9.84 Å². The summed E-state index contributed by atoms with van der Waals surface area (Å²) in [4.78, 5) is 2.39. The van der Waals surface area contributed by atoms with Gasteiger partial charge < -0.3 is 20.1 Å². The van der Waals surface area contributed by atoms with Gasteiger partial charge in [-0.15, -0.1) is 0 Å². The minimum absolute atomic E-state index is 0.0462. The molecule has 0 saturated carbocycles. The summed E-state index contributed by atoms with van der Waals surface area (Å²) in [5.74, 6) is 1.07. The molecule has 122 valence electrons. The highest BCUT2D eigenvalue weighted by atomic mass is 16.5. The van der Waals surface area contributed by atoms with E-state index in [2.05, 4.69) is 23.3 Å². The number of hydrogen-bond donors (Lipinski definition) is 2. The van der Waals surface area contributed by atoms with Crippen LogP contribution < -0.4 is 5.32 Å². The standard InChI is InChI=1S/C18H28N2O2/c1-12-4-5-14-15(18(12)21)10-16(22-17(14)11-19-2)13-6-8-20(3)9-7-13/h4-5,13,16-17,19,21H,6-11H2,1-3H3/t16-,17-/m0/s1.